The third-order valence-corrected chi connectivity index (χ3v) is 2.37. The molecule has 2 aliphatic heterocycles. The van der Waals surface area contributed by atoms with Crippen LogP contribution in [0.4, 0.5) is 0 Å². The summed E-state index contributed by atoms with van der Waals surface area (Å²) in [7, 11) is 0. The number of carbonyl (C=O) groups is 1. The van der Waals surface area contributed by atoms with Gasteiger partial charge < -0.3 is 14.9 Å². The number of carbonyl (C=O) groups excluding carboxylic acids is 1. The van der Waals surface area contributed by atoms with Crippen LogP contribution in [-0.2, 0) is 14.4 Å². The van der Waals surface area contributed by atoms with Gasteiger partial charge in [-0.2, -0.15) is 0 Å². The lowest BCUT2D eigenvalue weighted by atomic mass is 9.91. The van der Waals surface area contributed by atoms with Crippen LogP contribution in [0.5, 0.6) is 0 Å². The van der Waals surface area contributed by atoms with Crippen LogP contribution in [-0.4, -0.2) is 36.0 Å². The second kappa shape index (κ2) is 3.20. The van der Waals surface area contributed by atoms with Crippen molar-refractivity contribution in [3.05, 3.63) is 0 Å². The molecule has 2 rings (SSSR count). The van der Waals surface area contributed by atoms with Crippen LogP contribution in [0.1, 0.15) is 27.2 Å². The molecule has 0 aromatic heterocycles. The number of rotatable bonds is 1. The summed E-state index contributed by atoms with van der Waals surface area (Å²) < 4.78 is 5.21. The average molecular weight is 212 g/mol. The van der Waals surface area contributed by atoms with Crippen molar-refractivity contribution in [3.8, 4) is 0 Å². The van der Waals surface area contributed by atoms with Gasteiger partial charge in [-0.25, -0.2) is 4.79 Å². The maximum atomic E-state index is 11.6. The first kappa shape index (κ1) is 10.4. The molecule has 84 valence electrons. The molecular weight excluding hydrogens is 196 g/mol. The Morgan fingerprint density at radius 2 is 2.20 bits per heavy atom. The number of esters is 1. The number of ether oxygens (including phenoxy) is 1. The van der Waals surface area contributed by atoms with Crippen LogP contribution < -0.4 is 5.32 Å². The number of nitrogens with one attached hydrogen (secondary N) is 1. The van der Waals surface area contributed by atoms with Crippen molar-refractivity contribution < 1.29 is 14.4 Å². The predicted molar refractivity (Wildman–Crippen MR) is 54.6 cm³/mol. The summed E-state index contributed by atoms with van der Waals surface area (Å²) >= 11 is 0. The predicted octanol–water partition coefficient (Wildman–Crippen LogP) is 0.446. The Kier molecular flexibility index (Phi) is 2.22. The lowest BCUT2D eigenvalue weighted by Crippen LogP contribution is -2.59. The zero-order valence-electron chi connectivity index (χ0n) is 9.29. The van der Waals surface area contributed by atoms with Gasteiger partial charge in [-0.1, -0.05) is 5.16 Å². The Hall–Kier alpha value is -1.10. The van der Waals surface area contributed by atoms with Crippen molar-refractivity contribution in [1.82, 2.24) is 5.32 Å². The topological polar surface area (TPSA) is 59.9 Å². The van der Waals surface area contributed by atoms with Gasteiger partial charge in [0.1, 0.15) is 5.60 Å². The summed E-state index contributed by atoms with van der Waals surface area (Å²) in [5.41, 5.74) is -0.356. The van der Waals surface area contributed by atoms with E-state index in [-0.39, 0.29) is 11.6 Å². The van der Waals surface area contributed by atoms with Gasteiger partial charge in [0.05, 0.1) is 0 Å². The number of oxime groups is 1. The third-order valence-electron chi connectivity index (χ3n) is 2.37. The first-order valence-electron chi connectivity index (χ1n) is 5.09. The molecule has 0 atom stereocenters. The highest BCUT2D eigenvalue weighted by Crippen LogP contribution is 2.28. The molecule has 1 N–H and O–H groups in total. The molecule has 0 aliphatic carbocycles. The zero-order valence-corrected chi connectivity index (χ0v) is 9.29. The summed E-state index contributed by atoms with van der Waals surface area (Å²) in [4.78, 5) is 16.9. The molecule has 1 spiro atoms. The van der Waals surface area contributed by atoms with Crippen molar-refractivity contribution in [3.63, 3.8) is 0 Å². The summed E-state index contributed by atoms with van der Waals surface area (Å²) in [6.07, 6.45) is 0.551. The summed E-state index contributed by atoms with van der Waals surface area (Å²) in [6.45, 7) is 7.01. The molecule has 5 heteroatoms. The summed E-state index contributed by atoms with van der Waals surface area (Å²) in [5.74, 6) is -0.369. The highest BCUT2D eigenvalue weighted by molar-refractivity contribution is 6.37. The van der Waals surface area contributed by atoms with Crippen molar-refractivity contribution >= 4 is 11.7 Å². The van der Waals surface area contributed by atoms with E-state index >= 15 is 0 Å². The Balaban J connectivity index is 1.93. The fourth-order valence-electron chi connectivity index (χ4n) is 1.56. The lowest BCUT2D eigenvalue weighted by molar-refractivity contribution is -0.146. The maximum absolute atomic E-state index is 11.6. The van der Waals surface area contributed by atoms with Crippen molar-refractivity contribution in [1.29, 1.82) is 0 Å². The van der Waals surface area contributed by atoms with Gasteiger partial charge >= 0.3 is 5.97 Å². The average Bonchev–Trinajstić information content (AvgIpc) is 2.43. The second-order valence-corrected chi connectivity index (χ2v) is 5.09. The smallest absolute Gasteiger partial charge is 0.356 e. The first-order valence-corrected chi connectivity index (χ1v) is 5.09. The van der Waals surface area contributed by atoms with E-state index in [1.807, 2.05) is 20.8 Å². The summed E-state index contributed by atoms with van der Waals surface area (Å²) in [6, 6.07) is 0. The molecule has 0 radical (unpaired) electrons. The fraction of sp³-hybridized carbons (Fsp3) is 0.800. The van der Waals surface area contributed by atoms with Crippen molar-refractivity contribution in [2.45, 2.75) is 38.4 Å². The van der Waals surface area contributed by atoms with Crippen LogP contribution in [0.2, 0.25) is 0 Å². The zero-order chi connectivity index (χ0) is 11.1. The lowest BCUT2D eigenvalue weighted by Gasteiger charge is -2.35. The molecule has 2 aliphatic rings. The molecule has 0 aromatic carbocycles. The highest BCUT2D eigenvalue weighted by Gasteiger charge is 2.47. The highest BCUT2D eigenvalue weighted by atomic mass is 16.7. The van der Waals surface area contributed by atoms with Crippen LogP contribution in [0, 0.1) is 0 Å². The third kappa shape index (κ3) is 2.12. The van der Waals surface area contributed by atoms with Gasteiger partial charge in [0.15, 0.2) is 11.3 Å². The molecule has 0 saturated carbocycles. The van der Waals surface area contributed by atoms with Crippen LogP contribution in [0.15, 0.2) is 5.16 Å². The monoisotopic (exact) mass is 212 g/mol. The van der Waals surface area contributed by atoms with E-state index < -0.39 is 5.60 Å². The van der Waals surface area contributed by atoms with E-state index in [1.54, 1.807) is 0 Å². The Labute approximate surface area is 88.8 Å². The molecule has 15 heavy (non-hydrogen) atoms. The van der Waals surface area contributed by atoms with Gasteiger partial charge in [-0.05, 0) is 20.8 Å². The van der Waals surface area contributed by atoms with Gasteiger partial charge in [0.25, 0.3) is 0 Å². The summed E-state index contributed by atoms with van der Waals surface area (Å²) in [5, 5.41) is 6.90. The van der Waals surface area contributed by atoms with E-state index in [2.05, 4.69) is 10.5 Å². The van der Waals surface area contributed by atoms with Gasteiger partial charge in [0.2, 0.25) is 0 Å². The Morgan fingerprint density at radius 3 is 2.60 bits per heavy atom. The minimum Gasteiger partial charge on any atom is -0.455 e. The van der Waals surface area contributed by atoms with Gasteiger partial charge in [0, 0.05) is 19.5 Å². The molecule has 2 heterocycles. The normalized spacial score (nSPS) is 23.0. The Bertz CT molecular complexity index is 313. The van der Waals surface area contributed by atoms with E-state index in [9.17, 15) is 4.79 Å². The largest absolute Gasteiger partial charge is 0.455 e. The number of hydrogen-bond acceptors (Lipinski definition) is 5. The quantitative estimate of drug-likeness (QED) is 0.641. The van der Waals surface area contributed by atoms with E-state index in [4.69, 9.17) is 9.57 Å². The maximum Gasteiger partial charge on any atom is 0.356 e. The minimum absolute atomic E-state index is 0.272. The molecule has 5 nitrogen and oxygen atoms in total. The van der Waals surface area contributed by atoms with Gasteiger partial charge in [-0.15, -0.1) is 0 Å². The van der Waals surface area contributed by atoms with Crippen LogP contribution >= 0.6 is 0 Å². The molecule has 1 saturated heterocycles. The molecule has 0 amide bonds. The SMILES string of the molecule is CC(C)(C)OC(=O)C1=NOC2(CNC2)C1. The minimum atomic E-state index is -0.479. The van der Waals surface area contributed by atoms with E-state index in [0.717, 1.165) is 13.1 Å². The Morgan fingerprint density at radius 1 is 1.53 bits per heavy atom. The fourth-order valence-corrected chi connectivity index (χ4v) is 1.56. The van der Waals surface area contributed by atoms with Crippen molar-refractivity contribution in [2.75, 3.05) is 13.1 Å². The van der Waals surface area contributed by atoms with Crippen LogP contribution in [0.3, 0.4) is 0 Å². The number of hydrogen-bond donors (Lipinski definition) is 1. The standard InChI is InChI=1S/C10H16N2O3/c1-9(2,3)14-8(13)7-4-10(15-12-7)5-11-6-10/h11H,4-6H2,1-3H3. The first-order chi connectivity index (χ1) is 6.90. The van der Waals surface area contributed by atoms with E-state index in [0.29, 0.717) is 12.1 Å². The van der Waals surface area contributed by atoms with Gasteiger partial charge in [-0.3, -0.25) is 0 Å². The van der Waals surface area contributed by atoms with Crippen molar-refractivity contribution in [2.24, 2.45) is 5.16 Å². The van der Waals surface area contributed by atoms with E-state index in [1.165, 1.54) is 0 Å². The van der Waals surface area contributed by atoms with Crippen LogP contribution in [0.25, 0.3) is 0 Å². The molecule has 0 aromatic rings. The second-order valence-electron chi connectivity index (χ2n) is 5.09. The molecule has 0 bridgehead atoms. The molecule has 1 fully saturated rings. The molecule has 0 unspecified atom stereocenters. The number of nitrogens with zero attached hydrogens (tertiary/aromatic N) is 1. The molecular formula is C10H16N2O3.